The van der Waals surface area contributed by atoms with Crippen molar-refractivity contribution in [1.82, 2.24) is 5.32 Å². The lowest BCUT2D eigenvalue weighted by Gasteiger charge is -2.30. The fourth-order valence-electron chi connectivity index (χ4n) is 8.21. The number of esters is 1. The van der Waals surface area contributed by atoms with Crippen LogP contribution in [-0.2, 0) is 27.9 Å². The van der Waals surface area contributed by atoms with E-state index in [0.29, 0.717) is 23.9 Å². The van der Waals surface area contributed by atoms with Gasteiger partial charge in [0.05, 0.1) is 33.8 Å². The number of allylic oxidation sites excluding steroid dienone is 23. The van der Waals surface area contributed by atoms with Gasteiger partial charge in [-0.05, 0) is 122 Å². The van der Waals surface area contributed by atoms with Crippen molar-refractivity contribution in [1.29, 1.82) is 0 Å². The number of carbonyl (C=O) groups excluding carboxylic acids is 2. The molecule has 0 aromatic heterocycles. The lowest BCUT2D eigenvalue weighted by molar-refractivity contribution is -0.870. The van der Waals surface area contributed by atoms with Crippen LogP contribution in [0.4, 0.5) is 0 Å². The van der Waals surface area contributed by atoms with Crippen LogP contribution in [0.15, 0.2) is 146 Å². The Labute approximate surface area is 491 Å². The Morgan fingerprint density at radius 1 is 0.450 bits per heavy atom. The summed E-state index contributed by atoms with van der Waals surface area (Å²) in [7, 11) is 1.12. The molecule has 0 saturated heterocycles. The summed E-state index contributed by atoms with van der Waals surface area (Å²) in [6, 6.07) is -0.931. The maximum atomic E-state index is 13.5. The first kappa shape index (κ1) is 75.9. The normalized spacial score (nSPS) is 14.6. The molecule has 454 valence electrons. The Hall–Kier alpha value is -4.11. The molecule has 0 aliphatic heterocycles. The Morgan fingerprint density at radius 2 is 0.812 bits per heavy atom. The third-order valence-electron chi connectivity index (χ3n) is 13.0. The maximum absolute atomic E-state index is 13.5. The molecule has 0 bridgehead atoms. The predicted octanol–water partition coefficient (Wildman–Crippen LogP) is 19.2. The minimum absolute atomic E-state index is 0.0428. The number of nitrogens with one attached hydrogen (secondary N) is 1. The van der Waals surface area contributed by atoms with Gasteiger partial charge in [-0.15, -0.1) is 0 Å². The topological polar surface area (TPSA) is 114 Å². The van der Waals surface area contributed by atoms with Crippen molar-refractivity contribution in [3.63, 3.8) is 0 Å². The summed E-state index contributed by atoms with van der Waals surface area (Å²) in [4.78, 5) is 40.0. The Bertz CT molecular complexity index is 1880. The van der Waals surface area contributed by atoms with E-state index in [4.69, 9.17) is 13.8 Å². The second-order valence-corrected chi connectivity index (χ2v) is 23.2. The zero-order valence-corrected chi connectivity index (χ0v) is 52.6. The fourth-order valence-corrected chi connectivity index (χ4v) is 8.93. The van der Waals surface area contributed by atoms with Gasteiger partial charge >= 0.3 is 5.97 Å². The van der Waals surface area contributed by atoms with Crippen LogP contribution in [0.3, 0.4) is 0 Å². The predicted molar refractivity (Wildman–Crippen MR) is 343 cm³/mol. The van der Waals surface area contributed by atoms with Crippen molar-refractivity contribution in [2.45, 2.75) is 245 Å². The molecular formula is C70H117N2O7P. The zero-order valence-electron chi connectivity index (χ0n) is 51.7. The van der Waals surface area contributed by atoms with Crippen molar-refractivity contribution >= 4 is 19.7 Å². The molecule has 1 N–H and O–H groups in total. The largest absolute Gasteiger partial charge is 0.756 e. The molecule has 3 atom stereocenters. The number of amides is 1. The molecule has 0 saturated carbocycles. The van der Waals surface area contributed by atoms with Gasteiger partial charge in [-0.2, -0.15) is 0 Å². The monoisotopic (exact) mass is 1130 g/mol. The van der Waals surface area contributed by atoms with E-state index in [2.05, 4.69) is 160 Å². The highest BCUT2D eigenvalue weighted by Gasteiger charge is 2.27. The number of ether oxygens (including phenoxy) is 1. The summed E-state index contributed by atoms with van der Waals surface area (Å²) in [5.74, 6) is -0.638. The van der Waals surface area contributed by atoms with Crippen molar-refractivity contribution in [2.24, 2.45) is 0 Å². The van der Waals surface area contributed by atoms with E-state index in [9.17, 15) is 19.0 Å². The number of nitrogens with zero attached hydrogens (tertiary/aromatic N) is 1. The van der Waals surface area contributed by atoms with E-state index in [1.807, 2.05) is 27.2 Å². The van der Waals surface area contributed by atoms with Gasteiger partial charge in [0.15, 0.2) is 0 Å². The van der Waals surface area contributed by atoms with E-state index in [0.717, 1.165) is 135 Å². The minimum Gasteiger partial charge on any atom is -0.756 e. The number of hydrogen-bond acceptors (Lipinski definition) is 7. The second-order valence-electron chi connectivity index (χ2n) is 21.8. The van der Waals surface area contributed by atoms with Gasteiger partial charge in [0, 0.05) is 12.8 Å². The van der Waals surface area contributed by atoms with Gasteiger partial charge in [0.25, 0.3) is 7.82 Å². The SMILES string of the molecule is CC/C=C\C/C=C\C/C=C\C/C=C\C/C=C\C/C=C\CCCCCCCCC(=O)NC(COP(=O)([O-])OCC[N+](C)(C)C)C(/C=C\CCCCCCCCCCCC)OC(=O)CCC/C=C\C/C=C\C/C=C\C/C=C\C/C=C\CC. The number of phosphoric ester groups is 1. The average molecular weight is 1130 g/mol. The van der Waals surface area contributed by atoms with Crippen LogP contribution in [0.1, 0.15) is 233 Å². The Morgan fingerprint density at radius 3 is 1.23 bits per heavy atom. The van der Waals surface area contributed by atoms with Gasteiger partial charge in [-0.3, -0.25) is 14.2 Å². The summed E-state index contributed by atoms with van der Waals surface area (Å²) in [6.45, 7) is 6.54. The van der Waals surface area contributed by atoms with Gasteiger partial charge in [0.2, 0.25) is 5.91 Å². The summed E-state index contributed by atoms with van der Waals surface area (Å²) >= 11 is 0. The van der Waals surface area contributed by atoms with Crippen molar-refractivity contribution in [2.75, 3.05) is 40.9 Å². The van der Waals surface area contributed by atoms with E-state index in [-0.39, 0.29) is 25.4 Å². The quantitative estimate of drug-likeness (QED) is 0.0212. The van der Waals surface area contributed by atoms with Crippen LogP contribution in [0.5, 0.6) is 0 Å². The molecule has 3 unspecified atom stereocenters. The van der Waals surface area contributed by atoms with E-state index in [1.165, 1.54) is 51.4 Å². The third kappa shape index (κ3) is 58.5. The van der Waals surface area contributed by atoms with Crippen LogP contribution in [0.25, 0.3) is 0 Å². The molecule has 0 radical (unpaired) electrons. The molecule has 0 aromatic rings. The van der Waals surface area contributed by atoms with Crippen LogP contribution in [-0.4, -0.2) is 69.4 Å². The lowest BCUT2D eigenvalue weighted by Crippen LogP contribution is -2.47. The molecule has 0 aliphatic rings. The summed E-state index contributed by atoms with van der Waals surface area (Å²) < 4.78 is 30.3. The standard InChI is InChI=1S/C70H117N2O7P/c1-7-10-13-16-19-22-25-28-30-32-33-34-35-36-37-38-39-41-42-44-47-50-53-56-59-62-69(73)71-67(66-78-80(75,76)77-65-64-72(4,5)6)68(61-58-55-52-49-46-27-24-21-18-15-12-9-3)79-70(74)63-60-57-54-51-48-45-43-40-31-29-26-23-20-17-14-11-8-2/h10-11,13-14,19-20,22-23,28-31,33-34,36-37,39,41,43,45,51,54,58,61,67-68H,7-9,12,15-18,21,24-27,32,35,38,40,42,44,46-50,52-53,55-57,59-60,62-66H2,1-6H3,(H-,71,73,75,76)/b13-10-,14-11-,22-19-,23-20-,30-28-,31-29-,34-33-,37-36-,41-39-,45-43-,54-51-,61-58-. The van der Waals surface area contributed by atoms with Crippen LogP contribution in [0.2, 0.25) is 0 Å². The molecule has 80 heavy (non-hydrogen) atoms. The first-order valence-electron chi connectivity index (χ1n) is 31.6. The van der Waals surface area contributed by atoms with Crippen LogP contribution < -0.4 is 10.2 Å². The third-order valence-corrected chi connectivity index (χ3v) is 14.0. The molecule has 9 nitrogen and oxygen atoms in total. The van der Waals surface area contributed by atoms with Gasteiger partial charge in [0.1, 0.15) is 19.3 Å². The summed E-state index contributed by atoms with van der Waals surface area (Å²) in [6.07, 6.45) is 84.0. The first-order chi connectivity index (χ1) is 38.9. The number of hydrogen-bond donors (Lipinski definition) is 1. The Balaban J connectivity index is 5.32. The first-order valence-corrected chi connectivity index (χ1v) is 33.1. The van der Waals surface area contributed by atoms with E-state index in [1.54, 1.807) is 6.08 Å². The van der Waals surface area contributed by atoms with Crippen molar-refractivity contribution in [3.8, 4) is 0 Å². The number of likely N-dealkylation sites (N-methyl/N-ethyl adjacent to an activating group) is 1. The van der Waals surface area contributed by atoms with Gasteiger partial charge < -0.3 is 28.5 Å². The molecular weight excluding hydrogens is 1010 g/mol. The number of quaternary nitrogens is 1. The van der Waals surface area contributed by atoms with Crippen molar-refractivity contribution in [3.05, 3.63) is 146 Å². The maximum Gasteiger partial charge on any atom is 0.306 e. The van der Waals surface area contributed by atoms with Gasteiger partial charge in [-0.25, -0.2) is 0 Å². The number of carbonyl (C=O) groups is 2. The summed E-state index contributed by atoms with van der Waals surface area (Å²) in [5.41, 5.74) is 0. The molecule has 0 aliphatic carbocycles. The number of phosphoric acid groups is 1. The molecule has 1 amide bonds. The fraction of sp³-hybridized carbons (Fsp3) is 0.629. The highest BCUT2D eigenvalue weighted by molar-refractivity contribution is 7.45. The Kier molecular flexibility index (Phi) is 55.1. The highest BCUT2D eigenvalue weighted by Crippen LogP contribution is 2.38. The van der Waals surface area contributed by atoms with E-state index < -0.39 is 32.5 Å². The smallest absolute Gasteiger partial charge is 0.306 e. The van der Waals surface area contributed by atoms with E-state index >= 15 is 0 Å². The highest BCUT2D eigenvalue weighted by atomic mass is 31.2. The van der Waals surface area contributed by atoms with Crippen LogP contribution >= 0.6 is 7.82 Å². The molecule has 0 heterocycles. The molecule has 10 heteroatoms. The zero-order chi connectivity index (χ0) is 58.6. The number of unbranched alkanes of at least 4 members (excludes halogenated alkanes) is 17. The minimum atomic E-state index is -4.73. The lowest BCUT2D eigenvalue weighted by atomic mass is 10.0. The number of rotatable bonds is 55. The van der Waals surface area contributed by atoms with Crippen LogP contribution in [0, 0.1) is 0 Å². The molecule has 0 fully saturated rings. The molecule has 0 aromatic carbocycles. The molecule has 0 spiro atoms. The molecule has 0 rings (SSSR count). The van der Waals surface area contributed by atoms with Gasteiger partial charge in [-0.1, -0.05) is 244 Å². The second kappa shape index (κ2) is 58.1. The van der Waals surface area contributed by atoms with Crippen molar-refractivity contribution < 1.29 is 37.3 Å². The summed E-state index contributed by atoms with van der Waals surface area (Å²) in [5, 5.41) is 3.00. The average Bonchev–Trinajstić information content (AvgIpc) is 3.42.